The first-order chi connectivity index (χ1) is 3.62. The van der Waals surface area contributed by atoms with Crippen molar-refractivity contribution in [3.8, 4) is 0 Å². The Labute approximate surface area is 57.8 Å². The van der Waals surface area contributed by atoms with Crippen LogP contribution in [0.4, 0.5) is 0 Å². The summed E-state index contributed by atoms with van der Waals surface area (Å²) in [6, 6.07) is 0. The van der Waals surface area contributed by atoms with E-state index in [2.05, 4.69) is 15.6 Å². The first-order valence-corrected chi connectivity index (χ1v) is 4.13. The lowest BCUT2D eigenvalue weighted by Crippen LogP contribution is -2.05. The largest absolute Gasteiger partial charge is 0.284 e. The molecule has 0 aromatic heterocycles. The molecule has 0 atom stereocenters. The van der Waals surface area contributed by atoms with Crippen molar-refractivity contribution in [3.63, 3.8) is 0 Å². The van der Waals surface area contributed by atoms with Crippen LogP contribution < -0.4 is 0 Å². The number of alkyl halides is 1. The fourth-order valence-corrected chi connectivity index (χ4v) is 1.13. The van der Waals surface area contributed by atoms with Crippen LogP contribution in [0.2, 0.25) is 0 Å². The van der Waals surface area contributed by atoms with E-state index in [1.807, 2.05) is 0 Å². The summed E-state index contributed by atoms with van der Waals surface area (Å²) in [5, 5.41) is 0. The van der Waals surface area contributed by atoms with Gasteiger partial charge in [0.15, 0.2) is 0 Å². The highest BCUT2D eigenvalue weighted by Crippen LogP contribution is 1.96. The van der Waals surface area contributed by atoms with Crippen molar-refractivity contribution in [2.45, 2.75) is 0 Å². The Hall–Kier alpha value is 0.490. The van der Waals surface area contributed by atoms with Crippen LogP contribution >= 0.6 is 23.5 Å². The van der Waals surface area contributed by atoms with Crippen LogP contribution in [0.1, 0.15) is 0 Å². The summed E-state index contributed by atoms with van der Waals surface area (Å²) < 4.78 is 23.9. The molecular formula is C2H4Cl2O3S. The maximum atomic E-state index is 10.2. The lowest BCUT2D eigenvalue weighted by molar-refractivity contribution is 0.510. The van der Waals surface area contributed by atoms with Crippen molar-refractivity contribution >= 4 is 33.6 Å². The van der Waals surface area contributed by atoms with E-state index in [4.69, 9.17) is 11.6 Å². The monoisotopic (exact) mass is 178 g/mol. The second-order valence-corrected chi connectivity index (χ2v) is 3.42. The highest BCUT2D eigenvalue weighted by Gasteiger charge is 2.06. The fraction of sp³-hybridized carbons (Fsp3) is 1.00. The number of hydrogen-bond donors (Lipinski definition) is 0. The van der Waals surface area contributed by atoms with Crippen molar-refractivity contribution in [3.05, 3.63) is 0 Å². The molecule has 0 heterocycles. The number of rotatable bonds is 3. The van der Waals surface area contributed by atoms with E-state index in [1.54, 1.807) is 0 Å². The van der Waals surface area contributed by atoms with Crippen molar-refractivity contribution in [2.75, 3.05) is 11.6 Å². The van der Waals surface area contributed by atoms with Gasteiger partial charge in [-0.25, -0.2) is 0 Å². The third-order valence-electron chi connectivity index (χ3n) is 0.423. The average Bonchev–Trinajstić information content (AvgIpc) is 1.67. The van der Waals surface area contributed by atoms with E-state index in [0.29, 0.717) is 0 Å². The Morgan fingerprint density at radius 3 is 2.12 bits per heavy atom. The molecule has 6 heteroatoms. The molecule has 0 saturated heterocycles. The second-order valence-electron chi connectivity index (χ2n) is 1.01. The zero-order valence-electron chi connectivity index (χ0n) is 3.80. The molecule has 0 rings (SSSR count). The quantitative estimate of drug-likeness (QED) is 0.599. The Bertz CT molecular complexity index is 139. The molecule has 0 aliphatic carbocycles. The van der Waals surface area contributed by atoms with E-state index >= 15 is 0 Å². The van der Waals surface area contributed by atoms with Gasteiger partial charge in [-0.2, -0.15) is 12.2 Å². The molecule has 0 amide bonds. The summed E-state index contributed by atoms with van der Waals surface area (Å²) in [4.78, 5) is 0. The lowest BCUT2D eigenvalue weighted by atomic mass is 11.0. The molecule has 0 radical (unpaired) electrons. The SMILES string of the molecule is O=S(=O)(CCCl)OCl. The Kier molecular flexibility index (Phi) is 3.72. The maximum Gasteiger partial charge on any atom is 0.284 e. The van der Waals surface area contributed by atoms with Gasteiger partial charge >= 0.3 is 0 Å². The molecule has 0 saturated carbocycles. The van der Waals surface area contributed by atoms with Crippen LogP contribution in [0.25, 0.3) is 0 Å². The zero-order chi connectivity index (χ0) is 6.62. The van der Waals surface area contributed by atoms with Gasteiger partial charge in [0.05, 0.1) is 17.6 Å². The summed E-state index contributed by atoms with van der Waals surface area (Å²) >= 11 is 9.57. The molecule has 0 aromatic carbocycles. The Balaban J connectivity index is 3.76. The molecule has 0 aliphatic heterocycles. The molecule has 0 fully saturated rings. The van der Waals surface area contributed by atoms with E-state index in [-0.39, 0.29) is 11.6 Å². The van der Waals surface area contributed by atoms with E-state index < -0.39 is 10.1 Å². The van der Waals surface area contributed by atoms with Gasteiger partial charge in [-0.05, 0) is 0 Å². The maximum absolute atomic E-state index is 10.2. The third kappa shape index (κ3) is 3.49. The summed E-state index contributed by atoms with van der Waals surface area (Å²) in [5.41, 5.74) is 0. The summed E-state index contributed by atoms with van der Waals surface area (Å²) in [6.45, 7) is 0. The Morgan fingerprint density at radius 2 is 2.00 bits per heavy atom. The van der Waals surface area contributed by atoms with Gasteiger partial charge in [0, 0.05) is 5.88 Å². The van der Waals surface area contributed by atoms with Gasteiger partial charge < -0.3 is 0 Å². The molecule has 0 bridgehead atoms. The Morgan fingerprint density at radius 1 is 1.50 bits per heavy atom. The number of hydrogen-bond acceptors (Lipinski definition) is 3. The molecule has 50 valence electrons. The van der Waals surface area contributed by atoms with E-state index in [0.717, 1.165) is 0 Å². The molecule has 0 spiro atoms. The highest BCUT2D eigenvalue weighted by molar-refractivity contribution is 7.87. The predicted octanol–water partition coefficient (Wildman–Crippen LogP) is 0.725. The molecule has 8 heavy (non-hydrogen) atoms. The third-order valence-corrected chi connectivity index (χ3v) is 2.31. The minimum atomic E-state index is -3.54. The highest BCUT2D eigenvalue weighted by atomic mass is 35.5. The summed E-state index contributed by atoms with van der Waals surface area (Å²) in [7, 11) is -3.54. The van der Waals surface area contributed by atoms with Crippen LogP contribution in [0.15, 0.2) is 0 Å². The van der Waals surface area contributed by atoms with Gasteiger partial charge in [-0.3, -0.25) is 0 Å². The van der Waals surface area contributed by atoms with Crippen molar-refractivity contribution in [2.24, 2.45) is 0 Å². The van der Waals surface area contributed by atoms with E-state index in [9.17, 15) is 8.42 Å². The van der Waals surface area contributed by atoms with E-state index in [1.165, 1.54) is 0 Å². The van der Waals surface area contributed by atoms with Crippen molar-refractivity contribution in [1.29, 1.82) is 0 Å². The summed E-state index contributed by atoms with van der Waals surface area (Å²) in [6.07, 6.45) is 0. The van der Waals surface area contributed by atoms with Gasteiger partial charge in [0.25, 0.3) is 10.1 Å². The molecule has 0 aromatic rings. The van der Waals surface area contributed by atoms with Crippen LogP contribution in [-0.4, -0.2) is 20.1 Å². The van der Waals surface area contributed by atoms with Crippen LogP contribution in [-0.2, 0) is 13.9 Å². The van der Waals surface area contributed by atoms with Crippen LogP contribution in [0.5, 0.6) is 0 Å². The molecule has 0 aliphatic rings. The van der Waals surface area contributed by atoms with Gasteiger partial charge in [0.2, 0.25) is 0 Å². The zero-order valence-corrected chi connectivity index (χ0v) is 6.13. The van der Waals surface area contributed by atoms with Crippen molar-refractivity contribution in [1.82, 2.24) is 0 Å². The van der Waals surface area contributed by atoms with Gasteiger partial charge in [-0.15, -0.1) is 11.6 Å². The minimum absolute atomic E-state index is 0.00491. The normalized spacial score (nSPS) is 11.8. The first-order valence-electron chi connectivity index (χ1n) is 1.71. The number of halogens is 2. The molecular weight excluding hydrogens is 175 g/mol. The molecule has 0 unspecified atom stereocenters. The van der Waals surface area contributed by atoms with Crippen LogP contribution in [0.3, 0.4) is 0 Å². The second kappa shape index (κ2) is 3.50. The lowest BCUT2D eigenvalue weighted by Gasteiger charge is -1.90. The van der Waals surface area contributed by atoms with Gasteiger partial charge in [0.1, 0.15) is 0 Å². The minimum Gasteiger partial charge on any atom is -0.198 e. The smallest absolute Gasteiger partial charge is 0.198 e. The molecule has 0 N–H and O–H groups in total. The van der Waals surface area contributed by atoms with Crippen molar-refractivity contribution < 1.29 is 12.2 Å². The topological polar surface area (TPSA) is 43.4 Å². The first kappa shape index (κ1) is 8.49. The summed E-state index contributed by atoms with van der Waals surface area (Å²) in [5.74, 6) is -0.257. The standard InChI is InChI=1S/C2H4Cl2O3S/c3-1-2-8(5,6)7-4/h1-2H2. The van der Waals surface area contributed by atoms with Crippen LogP contribution in [0, 0.1) is 0 Å². The average molecular weight is 179 g/mol. The predicted molar refractivity (Wildman–Crippen MR) is 31.4 cm³/mol. The molecule has 3 nitrogen and oxygen atoms in total. The van der Waals surface area contributed by atoms with Gasteiger partial charge in [-0.1, -0.05) is 0 Å². The fourth-order valence-electron chi connectivity index (χ4n) is 0.126.